The number of aryl methyl sites for hydroxylation is 1. The van der Waals surface area contributed by atoms with Crippen LogP contribution in [0.4, 0.5) is 0 Å². The molecule has 0 saturated heterocycles. The highest BCUT2D eigenvalue weighted by Crippen LogP contribution is 2.19. The van der Waals surface area contributed by atoms with Crippen molar-refractivity contribution in [2.75, 3.05) is 6.61 Å². The molecule has 0 saturated carbocycles. The van der Waals surface area contributed by atoms with Crippen molar-refractivity contribution in [1.29, 1.82) is 0 Å². The lowest BCUT2D eigenvalue weighted by Crippen LogP contribution is -1.94. The zero-order valence-corrected chi connectivity index (χ0v) is 7.37. The molecule has 1 aromatic rings. The molecular formula is C10H13O2. The lowest BCUT2D eigenvalue weighted by molar-refractivity contribution is 0.336. The first-order valence-corrected chi connectivity index (χ1v) is 3.98. The Bertz CT molecular complexity index is 256. The summed E-state index contributed by atoms with van der Waals surface area (Å²) in [4.78, 5) is 0. The van der Waals surface area contributed by atoms with E-state index in [1.165, 1.54) is 0 Å². The van der Waals surface area contributed by atoms with Gasteiger partial charge in [-0.2, -0.15) is 0 Å². The van der Waals surface area contributed by atoms with Gasteiger partial charge in [0.2, 0.25) is 0 Å². The number of benzene rings is 1. The molecule has 0 fully saturated rings. The standard InChI is InChI=1S/C10H13O2/c1-3-12-10-6-9(7-11)5-4-8(10)2/h4-7,11H,3H2,1-2H3. The van der Waals surface area contributed by atoms with E-state index in [0.717, 1.165) is 23.5 Å². The van der Waals surface area contributed by atoms with Gasteiger partial charge in [-0.25, -0.2) is 0 Å². The van der Waals surface area contributed by atoms with Gasteiger partial charge < -0.3 is 9.84 Å². The van der Waals surface area contributed by atoms with Crippen molar-refractivity contribution in [1.82, 2.24) is 0 Å². The van der Waals surface area contributed by atoms with Crippen LogP contribution in [0.2, 0.25) is 0 Å². The van der Waals surface area contributed by atoms with Crippen LogP contribution in [-0.2, 0) is 0 Å². The summed E-state index contributed by atoms with van der Waals surface area (Å²) in [6.45, 7) is 5.64. The van der Waals surface area contributed by atoms with E-state index in [-0.39, 0.29) is 0 Å². The molecule has 2 heteroatoms. The third-order valence-electron chi connectivity index (χ3n) is 1.66. The summed E-state index contributed by atoms with van der Waals surface area (Å²) >= 11 is 0. The van der Waals surface area contributed by atoms with Crippen molar-refractivity contribution in [2.24, 2.45) is 0 Å². The fraction of sp³-hybridized carbons (Fsp3) is 0.300. The fourth-order valence-corrected chi connectivity index (χ4v) is 1.01. The Hall–Kier alpha value is -1.02. The molecule has 1 rings (SSSR count). The van der Waals surface area contributed by atoms with Crippen LogP contribution in [0, 0.1) is 13.5 Å². The minimum absolute atomic E-state index is 0.649. The third kappa shape index (κ3) is 1.98. The molecule has 0 heterocycles. The van der Waals surface area contributed by atoms with Crippen LogP contribution >= 0.6 is 0 Å². The fourth-order valence-electron chi connectivity index (χ4n) is 1.01. The van der Waals surface area contributed by atoms with Gasteiger partial charge in [0, 0.05) is 0 Å². The van der Waals surface area contributed by atoms with Crippen LogP contribution in [0.5, 0.6) is 5.75 Å². The Labute approximate surface area is 72.8 Å². The number of hydrogen-bond acceptors (Lipinski definition) is 2. The Kier molecular flexibility index (Phi) is 3.11. The summed E-state index contributed by atoms with van der Waals surface area (Å²) in [7, 11) is 0. The Morgan fingerprint density at radius 3 is 2.83 bits per heavy atom. The highest BCUT2D eigenvalue weighted by atomic mass is 16.5. The van der Waals surface area contributed by atoms with E-state index in [0.29, 0.717) is 6.61 Å². The van der Waals surface area contributed by atoms with Crippen LogP contribution in [0.25, 0.3) is 0 Å². The second-order valence-electron chi connectivity index (χ2n) is 2.59. The molecule has 2 nitrogen and oxygen atoms in total. The van der Waals surface area contributed by atoms with Gasteiger partial charge in [0.1, 0.15) is 12.4 Å². The van der Waals surface area contributed by atoms with Gasteiger partial charge in [-0.1, -0.05) is 12.1 Å². The van der Waals surface area contributed by atoms with Gasteiger partial charge in [-0.15, -0.1) is 0 Å². The highest BCUT2D eigenvalue weighted by Gasteiger charge is 1.99. The molecule has 0 bridgehead atoms. The average molecular weight is 165 g/mol. The van der Waals surface area contributed by atoms with Gasteiger partial charge in [0.25, 0.3) is 0 Å². The van der Waals surface area contributed by atoms with Crippen LogP contribution in [0.1, 0.15) is 18.1 Å². The van der Waals surface area contributed by atoms with E-state index in [1.807, 2.05) is 32.0 Å². The number of hydrogen-bond donors (Lipinski definition) is 1. The summed E-state index contributed by atoms with van der Waals surface area (Å²) in [6.07, 6.45) is 0. The van der Waals surface area contributed by atoms with E-state index in [9.17, 15) is 0 Å². The first-order valence-electron chi connectivity index (χ1n) is 3.98. The molecular weight excluding hydrogens is 152 g/mol. The maximum Gasteiger partial charge on any atom is 0.122 e. The Morgan fingerprint density at radius 1 is 1.50 bits per heavy atom. The van der Waals surface area contributed by atoms with Gasteiger partial charge in [-0.3, -0.25) is 0 Å². The molecule has 0 aliphatic carbocycles. The quantitative estimate of drug-likeness (QED) is 0.744. The number of rotatable bonds is 3. The Morgan fingerprint density at radius 2 is 2.25 bits per heavy atom. The van der Waals surface area contributed by atoms with Gasteiger partial charge >= 0.3 is 0 Å². The van der Waals surface area contributed by atoms with E-state index < -0.39 is 0 Å². The predicted octanol–water partition coefficient (Wildman–Crippen LogP) is 2.28. The van der Waals surface area contributed by atoms with Crippen molar-refractivity contribution >= 4 is 0 Å². The molecule has 0 amide bonds. The summed E-state index contributed by atoms with van der Waals surface area (Å²) in [5.41, 5.74) is 1.85. The molecule has 0 spiro atoms. The molecule has 12 heavy (non-hydrogen) atoms. The molecule has 65 valence electrons. The van der Waals surface area contributed by atoms with Gasteiger partial charge in [-0.05, 0) is 31.0 Å². The summed E-state index contributed by atoms with van der Waals surface area (Å²) < 4.78 is 5.35. The lowest BCUT2D eigenvalue weighted by Gasteiger charge is -2.07. The molecule has 0 aliphatic heterocycles. The smallest absolute Gasteiger partial charge is 0.122 e. The van der Waals surface area contributed by atoms with E-state index in [4.69, 9.17) is 9.84 Å². The monoisotopic (exact) mass is 165 g/mol. The Balaban J connectivity index is 2.91. The molecule has 1 radical (unpaired) electrons. The molecule has 0 aliphatic rings. The first kappa shape index (κ1) is 9.07. The molecule has 1 aromatic carbocycles. The van der Waals surface area contributed by atoms with Crippen molar-refractivity contribution in [3.8, 4) is 5.75 Å². The molecule has 0 atom stereocenters. The SMILES string of the molecule is CCOc1cc([CH]O)ccc1C. The highest BCUT2D eigenvalue weighted by molar-refractivity contribution is 5.38. The summed E-state index contributed by atoms with van der Waals surface area (Å²) in [5.74, 6) is 0.834. The van der Waals surface area contributed by atoms with E-state index in [1.54, 1.807) is 0 Å². The van der Waals surface area contributed by atoms with Crippen molar-refractivity contribution in [3.63, 3.8) is 0 Å². The number of aliphatic hydroxyl groups is 1. The molecule has 0 unspecified atom stereocenters. The topological polar surface area (TPSA) is 29.5 Å². The second kappa shape index (κ2) is 4.12. The summed E-state index contributed by atoms with van der Waals surface area (Å²) in [5, 5.41) is 8.74. The summed E-state index contributed by atoms with van der Waals surface area (Å²) in [6, 6.07) is 5.59. The third-order valence-corrected chi connectivity index (χ3v) is 1.66. The van der Waals surface area contributed by atoms with Crippen LogP contribution in [0.15, 0.2) is 18.2 Å². The zero-order chi connectivity index (χ0) is 8.97. The average Bonchev–Trinajstić information content (AvgIpc) is 2.09. The molecule has 0 aromatic heterocycles. The normalized spacial score (nSPS) is 9.92. The van der Waals surface area contributed by atoms with Crippen LogP contribution in [0.3, 0.4) is 0 Å². The maximum absolute atomic E-state index is 8.74. The van der Waals surface area contributed by atoms with Crippen molar-refractivity contribution in [2.45, 2.75) is 13.8 Å². The van der Waals surface area contributed by atoms with Crippen LogP contribution < -0.4 is 4.74 Å². The predicted molar refractivity (Wildman–Crippen MR) is 47.7 cm³/mol. The minimum atomic E-state index is 0.649. The first-order chi connectivity index (χ1) is 5.77. The largest absolute Gasteiger partial charge is 0.494 e. The van der Waals surface area contributed by atoms with Crippen molar-refractivity contribution in [3.05, 3.63) is 35.9 Å². The van der Waals surface area contributed by atoms with Crippen molar-refractivity contribution < 1.29 is 9.84 Å². The van der Waals surface area contributed by atoms with Gasteiger partial charge in [0.05, 0.1) is 6.61 Å². The van der Waals surface area contributed by atoms with Crippen LogP contribution in [-0.4, -0.2) is 11.7 Å². The molecule has 1 N–H and O–H groups in total. The second-order valence-corrected chi connectivity index (χ2v) is 2.59. The number of aliphatic hydroxyl groups excluding tert-OH is 1. The zero-order valence-electron chi connectivity index (χ0n) is 7.37. The number of ether oxygens (including phenoxy) is 1. The van der Waals surface area contributed by atoms with E-state index in [2.05, 4.69) is 0 Å². The minimum Gasteiger partial charge on any atom is -0.494 e. The maximum atomic E-state index is 8.74. The van der Waals surface area contributed by atoms with E-state index >= 15 is 0 Å². The lowest BCUT2D eigenvalue weighted by atomic mass is 10.1. The van der Waals surface area contributed by atoms with Gasteiger partial charge in [0.15, 0.2) is 0 Å².